The molecule has 0 unspecified atom stereocenters. The number of aliphatic hydroxyl groups is 1. The third-order valence-electron chi connectivity index (χ3n) is 8.15. The van der Waals surface area contributed by atoms with Crippen molar-refractivity contribution in [2.24, 2.45) is 17.8 Å². The van der Waals surface area contributed by atoms with Gasteiger partial charge in [-0.15, -0.1) is 0 Å². The van der Waals surface area contributed by atoms with Crippen LogP contribution in [0, 0.1) is 35.2 Å². The third kappa shape index (κ3) is 9.56. The number of halogens is 3. The van der Waals surface area contributed by atoms with Gasteiger partial charge in [0.2, 0.25) is 0 Å². The molecule has 0 radical (unpaired) electrons. The van der Waals surface area contributed by atoms with E-state index in [1.165, 1.54) is 42.5 Å². The van der Waals surface area contributed by atoms with Gasteiger partial charge in [-0.1, -0.05) is 65.8 Å². The number of carboxylic acid groups (broad SMARTS) is 2. The molecule has 0 amide bonds. The maximum Gasteiger partial charge on any atom is 0.311 e. The van der Waals surface area contributed by atoms with E-state index in [4.69, 9.17) is 21.2 Å². The van der Waals surface area contributed by atoms with Gasteiger partial charge in [-0.25, -0.2) is 13.2 Å². The fourth-order valence-electron chi connectivity index (χ4n) is 6.11. The zero-order valence-corrected chi connectivity index (χ0v) is 27.6. The van der Waals surface area contributed by atoms with Crippen molar-refractivity contribution in [2.45, 2.75) is 96.8 Å². The fraction of sp³-hybridized carbons (Fsp3) is 0.462. The largest absolute Gasteiger partial charge is 0.481 e. The van der Waals surface area contributed by atoms with Crippen molar-refractivity contribution >= 4 is 17.7 Å². The Morgan fingerprint density at radius 1 is 0.792 bits per heavy atom. The summed E-state index contributed by atoms with van der Waals surface area (Å²) in [6.45, 7) is 10.6. The van der Waals surface area contributed by atoms with Crippen LogP contribution < -0.4 is 0 Å². The SMILES string of the molecule is CC(C)[C@H](C(=O)O)c1ccc(F)cc1.[2H]C1([2H])C(=O)[C@@H](C(C)C)c2ccc(F)cc2C1([2H])[2H].[2H]C1([2H])c2cc(F)ccc2[C@H](C(C)C)[C@@](O)(CC(=O)O)C1([2H])[2H]. The monoisotopic (exact) mass is 676 g/mol. The molecule has 4 atom stereocenters. The van der Waals surface area contributed by atoms with Crippen molar-refractivity contribution in [1.29, 1.82) is 0 Å². The normalized spacial score (nSPS) is 27.2. The molecular formula is C39H47F3O6. The van der Waals surface area contributed by atoms with Crippen molar-refractivity contribution in [1.82, 2.24) is 0 Å². The Morgan fingerprint density at radius 3 is 1.79 bits per heavy atom. The highest BCUT2D eigenvalue weighted by atomic mass is 19.1. The van der Waals surface area contributed by atoms with E-state index in [0.29, 0.717) is 11.1 Å². The number of hydrogen-bond acceptors (Lipinski definition) is 4. The average molecular weight is 677 g/mol. The van der Waals surface area contributed by atoms with E-state index in [1.807, 2.05) is 13.8 Å². The van der Waals surface area contributed by atoms with Crippen LogP contribution in [-0.2, 0) is 27.1 Å². The van der Waals surface area contributed by atoms with Gasteiger partial charge < -0.3 is 15.3 Å². The maximum absolute atomic E-state index is 13.6. The highest BCUT2D eigenvalue weighted by Crippen LogP contribution is 2.45. The van der Waals surface area contributed by atoms with Crippen LogP contribution in [0.1, 0.15) is 117 Å². The van der Waals surface area contributed by atoms with Crippen LogP contribution in [0.5, 0.6) is 0 Å². The van der Waals surface area contributed by atoms with Crippen LogP contribution in [0.3, 0.4) is 0 Å². The molecule has 5 rings (SSSR count). The molecular weight excluding hydrogens is 621 g/mol. The molecule has 48 heavy (non-hydrogen) atoms. The van der Waals surface area contributed by atoms with Crippen molar-refractivity contribution in [2.75, 3.05) is 0 Å². The van der Waals surface area contributed by atoms with Crippen LogP contribution in [0.15, 0.2) is 60.7 Å². The molecule has 3 aromatic rings. The number of carbonyl (C=O) groups is 3. The van der Waals surface area contributed by atoms with Crippen molar-refractivity contribution in [3.63, 3.8) is 0 Å². The zero-order chi connectivity index (χ0) is 43.1. The quantitative estimate of drug-likeness (QED) is 0.232. The minimum Gasteiger partial charge on any atom is -0.481 e. The molecule has 3 N–H and O–H groups in total. The molecule has 0 heterocycles. The number of carbonyl (C=O) groups excluding carboxylic acids is 1. The Hall–Kier alpha value is -3.98. The molecule has 9 heteroatoms. The molecule has 0 aliphatic heterocycles. The van der Waals surface area contributed by atoms with Crippen molar-refractivity contribution in [3.8, 4) is 0 Å². The summed E-state index contributed by atoms with van der Waals surface area (Å²) in [5, 5.41) is 29.1. The molecule has 3 aromatic carbocycles. The summed E-state index contributed by atoms with van der Waals surface area (Å²) in [5.74, 6) is -7.60. The summed E-state index contributed by atoms with van der Waals surface area (Å²) in [5.41, 5.74) is -1.42. The number of ketones is 1. The zero-order valence-electron chi connectivity index (χ0n) is 35.6. The minimum atomic E-state index is -2.91. The Balaban J connectivity index is 0.000000232. The lowest BCUT2D eigenvalue weighted by Crippen LogP contribution is -2.44. The molecule has 0 saturated heterocycles. The molecule has 0 bridgehead atoms. The van der Waals surface area contributed by atoms with E-state index in [0.717, 1.165) is 18.2 Å². The number of fused-ring (bicyclic) bond motifs is 2. The number of hydrogen-bond donors (Lipinski definition) is 3. The predicted octanol–water partition coefficient (Wildman–Crippen LogP) is 8.45. The van der Waals surface area contributed by atoms with Crippen molar-refractivity contribution in [3.05, 3.63) is 106 Å². The summed E-state index contributed by atoms with van der Waals surface area (Å²) in [6.07, 6.45) is -11.8. The van der Waals surface area contributed by atoms with Crippen LogP contribution in [0.4, 0.5) is 13.2 Å². The van der Waals surface area contributed by atoms with Gasteiger partial charge in [-0.3, -0.25) is 14.4 Å². The molecule has 0 aromatic heterocycles. The van der Waals surface area contributed by atoms with Gasteiger partial charge in [0.25, 0.3) is 0 Å². The van der Waals surface area contributed by atoms with Crippen LogP contribution in [0.2, 0.25) is 0 Å². The Labute approximate surface area is 292 Å². The summed E-state index contributed by atoms with van der Waals surface area (Å²) in [6, 6.07) is 12.5. The van der Waals surface area contributed by atoms with Crippen molar-refractivity contribution < 1.29 is 53.8 Å². The van der Waals surface area contributed by atoms with E-state index in [2.05, 4.69) is 0 Å². The van der Waals surface area contributed by atoms with E-state index in [9.17, 15) is 32.7 Å². The first-order chi connectivity index (χ1) is 25.5. The van der Waals surface area contributed by atoms with E-state index in [-0.39, 0.29) is 40.3 Å². The number of carboxylic acids is 2. The smallest absolute Gasteiger partial charge is 0.311 e. The number of aliphatic carboxylic acids is 2. The average Bonchev–Trinajstić information content (AvgIpc) is 3.05. The predicted molar refractivity (Wildman–Crippen MR) is 178 cm³/mol. The first-order valence-corrected chi connectivity index (χ1v) is 15.6. The molecule has 260 valence electrons. The van der Waals surface area contributed by atoms with Gasteiger partial charge in [-0.2, -0.15) is 0 Å². The van der Waals surface area contributed by atoms with Crippen LogP contribution in [-0.4, -0.2) is 38.6 Å². The Morgan fingerprint density at radius 2 is 1.31 bits per heavy atom. The van der Waals surface area contributed by atoms with Gasteiger partial charge in [0.1, 0.15) is 23.2 Å². The highest BCUT2D eigenvalue weighted by molar-refractivity contribution is 5.88. The minimum absolute atomic E-state index is 0.00189. The number of benzene rings is 3. The molecule has 2 aliphatic carbocycles. The second-order valence-corrected chi connectivity index (χ2v) is 12.9. The number of rotatable bonds is 7. The molecule has 2 aliphatic rings. The van der Waals surface area contributed by atoms with E-state index < -0.39 is 84.6 Å². The van der Waals surface area contributed by atoms with Gasteiger partial charge in [0.15, 0.2) is 0 Å². The topological polar surface area (TPSA) is 112 Å². The van der Waals surface area contributed by atoms with Gasteiger partial charge in [0.05, 0.1) is 17.9 Å². The highest BCUT2D eigenvalue weighted by Gasteiger charge is 2.44. The molecule has 0 spiro atoms. The lowest BCUT2D eigenvalue weighted by atomic mass is 9.66. The number of aryl methyl sites for hydroxylation is 2. The summed E-state index contributed by atoms with van der Waals surface area (Å²) in [4.78, 5) is 34.4. The molecule has 6 nitrogen and oxygen atoms in total. The second-order valence-electron chi connectivity index (χ2n) is 12.9. The molecule has 0 saturated carbocycles. The van der Waals surface area contributed by atoms with Gasteiger partial charge >= 0.3 is 11.9 Å². The lowest BCUT2D eigenvalue weighted by Gasteiger charge is -2.42. The number of Topliss-reactive ketones (excluding diaryl/α,β-unsaturated/α-hetero) is 1. The first kappa shape index (κ1) is 27.9. The fourth-order valence-corrected chi connectivity index (χ4v) is 6.11. The Kier molecular flexibility index (Phi) is 9.55. The van der Waals surface area contributed by atoms with E-state index in [1.54, 1.807) is 27.7 Å². The third-order valence-corrected chi connectivity index (χ3v) is 8.15. The maximum atomic E-state index is 13.6. The summed E-state index contributed by atoms with van der Waals surface area (Å²) in [7, 11) is 0. The van der Waals surface area contributed by atoms with Gasteiger partial charge in [0, 0.05) is 29.2 Å². The van der Waals surface area contributed by atoms with Gasteiger partial charge in [-0.05, 0) is 101 Å². The second kappa shape index (κ2) is 16.4. The van der Waals surface area contributed by atoms with E-state index >= 15 is 0 Å². The molecule has 0 fully saturated rings. The summed E-state index contributed by atoms with van der Waals surface area (Å²) < 4.78 is 103. The van der Waals surface area contributed by atoms with Crippen LogP contribution in [0.25, 0.3) is 0 Å². The standard InChI is InChI=1S/C15H19FO3.C13H15FO.C11H13FO2/c1-9(2)14-12-4-3-11(16)7-10(12)5-6-15(14,19)8-13(17)18;1-8(2)13-11-5-4-10(14)7-9(11)3-6-12(13)15;1-7(2)10(11(13)14)8-3-5-9(12)6-4-8/h3-4,7,9,14,19H,5-6,8H2,1-2H3,(H,17,18);4-5,7-8,13H,3,6H2,1-2H3;3-7,10H,1-2H3,(H,13,14)/t14-,15-;13-;10-/m000/s1/i5D2,6D2;3D2,6D2;. The lowest BCUT2D eigenvalue weighted by molar-refractivity contribution is -0.145. The first-order valence-electron chi connectivity index (χ1n) is 19.6. The van der Waals surface area contributed by atoms with Crippen LogP contribution >= 0.6 is 0 Å². The summed E-state index contributed by atoms with van der Waals surface area (Å²) >= 11 is 0. The Bertz CT molecular complexity index is 1940.